The average molecular weight is 240 g/mol. The molecular formula is C12H18Li2O4. The van der Waals surface area contributed by atoms with Crippen molar-refractivity contribution in [3.8, 4) is 0 Å². The number of carboxylic acids is 2. The van der Waals surface area contributed by atoms with E-state index in [4.69, 9.17) is 0 Å². The zero-order chi connectivity index (χ0) is 12.8. The van der Waals surface area contributed by atoms with Gasteiger partial charge in [0.2, 0.25) is 0 Å². The Morgan fingerprint density at radius 1 is 0.833 bits per heavy atom. The Hall–Kier alpha value is -0.385. The molecule has 0 fully saturated rings. The first-order chi connectivity index (χ1) is 7.54. The Balaban J connectivity index is -0.0000000980. The van der Waals surface area contributed by atoms with Crippen LogP contribution in [0.25, 0.3) is 0 Å². The molecule has 0 aliphatic carbocycles. The molecule has 0 spiro atoms. The van der Waals surface area contributed by atoms with Crippen LogP contribution in [0.3, 0.4) is 0 Å². The van der Waals surface area contributed by atoms with Gasteiger partial charge in [0.25, 0.3) is 0 Å². The van der Waals surface area contributed by atoms with E-state index >= 15 is 0 Å². The summed E-state index contributed by atoms with van der Waals surface area (Å²) in [5.74, 6) is -1.96. The van der Waals surface area contributed by atoms with Crippen molar-refractivity contribution in [2.45, 2.75) is 38.5 Å². The van der Waals surface area contributed by atoms with Gasteiger partial charge in [0.15, 0.2) is 0 Å². The normalized spacial score (nSPS) is 7.56. The fourth-order valence-electron chi connectivity index (χ4n) is 0.781. The van der Waals surface area contributed by atoms with Gasteiger partial charge in [-0.25, -0.2) is 0 Å². The first kappa shape index (κ1) is 26.2. The quantitative estimate of drug-likeness (QED) is 0.240. The summed E-state index contributed by atoms with van der Waals surface area (Å²) in [7, 11) is 0. The summed E-state index contributed by atoms with van der Waals surface area (Å²) >= 11 is 0. The Kier molecular flexibility index (Phi) is 31.9. The molecule has 0 amide bonds. The molecule has 0 aromatic rings. The van der Waals surface area contributed by atoms with Gasteiger partial charge in [0.1, 0.15) is 0 Å². The number of carboxylic acid groups (broad SMARTS) is 2. The Labute approximate surface area is 133 Å². The molecule has 0 aromatic carbocycles. The van der Waals surface area contributed by atoms with Gasteiger partial charge in [-0.1, -0.05) is 12.2 Å². The van der Waals surface area contributed by atoms with Crippen LogP contribution in [0, 0.1) is 0 Å². The number of aliphatic carboxylic acids is 2. The molecule has 0 bridgehead atoms. The second-order valence-electron chi connectivity index (χ2n) is 3.11. The predicted molar refractivity (Wildman–Crippen MR) is 58.1 cm³/mol. The van der Waals surface area contributed by atoms with Crippen LogP contribution >= 0.6 is 0 Å². The van der Waals surface area contributed by atoms with Crippen molar-refractivity contribution < 1.29 is 57.5 Å². The SMILES string of the molecule is C=CCCCC(=O)[O-].C=CCCCC(=O)[O-].[Li+].[Li+]. The third-order valence-corrected chi connectivity index (χ3v) is 1.58. The summed E-state index contributed by atoms with van der Waals surface area (Å²) < 4.78 is 0. The molecular weight excluding hydrogens is 222 g/mol. The zero-order valence-corrected chi connectivity index (χ0v) is 11.4. The van der Waals surface area contributed by atoms with E-state index in [2.05, 4.69) is 13.2 Å². The van der Waals surface area contributed by atoms with E-state index < -0.39 is 11.9 Å². The van der Waals surface area contributed by atoms with E-state index in [1.807, 2.05) is 0 Å². The van der Waals surface area contributed by atoms with E-state index in [-0.39, 0.29) is 50.6 Å². The maximum Gasteiger partial charge on any atom is 1.00 e. The van der Waals surface area contributed by atoms with E-state index in [9.17, 15) is 19.8 Å². The number of carbonyl (C=O) groups excluding carboxylic acids is 2. The van der Waals surface area contributed by atoms with E-state index in [1.54, 1.807) is 12.2 Å². The summed E-state index contributed by atoms with van der Waals surface area (Å²) in [4.78, 5) is 19.5. The smallest absolute Gasteiger partial charge is 0.550 e. The minimum absolute atomic E-state index is 0. The van der Waals surface area contributed by atoms with Crippen molar-refractivity contribution in [2.24, 2.45) is 0 Å². The molecule has 0 heterocycles. The molecule has 0 rings (SSSR count). The fraction of sp³-hybridized carbons (Fsp3) is 0.500. The molecule has 0 saturated carbocycles. The van der Waals surface area contributed by atoms with Crippen LogP contribution in [-0.2, 0) is 9.59 Å². The molecule has 92 valence electrons. The molecule has 18 heavy (non-hydrogen) atoms. The molecule has 0 N–H and O–H groups in total. The van der Waals surface area contributed by atoms with Gasteiger partial charge in [0.05, 0.1) is 0 Å². The van der Waals surface area contributed by atoms with E-state index in [0.717, 1.165) is 12.8 Å². The van der Waals surface area contributed by atoms with Crippen LogP contribution in [0.1, 0.15) is 38.5 Å². The molecule has 6 heteroatoms. The minimum Gasteiger partial charge on any atom is -0.550 e. The van der Waals surface area contributed by atoms with Crippen molar-refractivity contribution in [3.63, 3.8) is 0 Å². The van der Waals surface area contributed by atoms with Crippen LogP contribution in [0.5, 0.6) is 0 Å². The van der Waals surface area contributed by atoms with Gasteiger partial charge < -0.3 is 19.8 Å². The summed E-state index contributed by atoms with van der Waals surface area (Å²) in [6.45, 7) is 6.89. The number of rotatable bonds is 8. The van der Waals surface area contributed by atoms with Crippen LogP contribution in [0.4, 0.5) is 0 Å². The molecule has 0 aliphatic rings. The maximum atomic E-state index is 9.73. The predicted octanol–water partition coefficient (Wildman–Crippen LogP) is -5.81. The molecule has 0 unspecified atom stereocenters. The third kappa shape index (κ3) is 36.1. The summed E-state index contributed by atoms with van der Waals surface area (Å²) in [5.41, 5.74) is 0. The summed E-state index contributed by atoms with van der Waals surface area (Å²) in [5, 5.41) is 19.5. The standard InChI is InChI=1S/2C6H10O2.2Li/c2*1-2-3-4-5-6(7)8;;/h2*2H,1,3-5H2,(H,7,8);;/q;;2*+1/p-2. The Morgan fingerprint density at radius 3 is 1.28 bits per heavy atom. The number of hydrogen-bond acceptors (Lipinski definition) is 4. The van der Waals surface area contributed by atoms with Crippen molar-refractivity contribution in [3.05, 3.63) is 25.3 Å². The van der Waals surface area contributed by atoms with E-state index in [0.29, 0.717) is 12.8 Å². The van der Waals surface area contributed by atoms with Gasteiger partial charge in [-0.2, -0.15) is 0 Å². The molecule has 0 radical (unpaired) electrons. The molecule has 0 saturated heterocycles. The van der Waals surface area contributed by atoms with Crippen LogP contribution in [0.2, 0.25) is 0 Å². The van der Waals surface area contributed by atoms with Crippen LogP contribution in [0.15, 0.2) is 25.3 Å². The molecule has 4 nitrogen and oxygen atoms in total. The average Bonchev–Trinajstić information content (AvgIpc) is 2.18. The Bertz CT molecular complexity index is 206. The van der Waals surface area contributed by atoms with Crippen LogP contribution < -0.4 is 47.9 Å². The van der Waals surface area contributed by atoms with Crippen molar-refractivity contribution >= 4 is 11.9 Å². The van der Waals surface area contributed by atoms with Gasteiger partial charge in [-0.3, -0.25) is 0 Å². The summed E-state index contributed by atoms with van der Waals surface area (Å²) in [6, 6.07) is 0. The van der Waals surface area contributed by atoms with Crippen LogP contribution in [-0.4, -0.2) is 11.9 Å². The molecule has 0 aliphatic heterocycles. The largest absolute Gasteiger partial charge is 1.00 e. The zero-order valence-electron chi connectivity index (χ0n) is 11.4. The first-order valence-corrected chi connectivity index (χ1v) is 5.16. The first-order valence-electron chi connectivity index (χ1n) is 5.16. The Morgan fingerprint density at radius 2 is 1.11 bits per heavy atom. The van der Waals surface area contributed by atoms with Crippen molar-refractivity contribution in [1.29, 1.82) is 0 Å². The second kappa shape index (κ2) is 21.9. The van der Waals surface area contributed by atoms with Gasteiger partial charge in [0, 0.05) is 11.9 Å². The topological polar surface area (TPSA) is 80.3 Å². The van der Waals surface area contributed by atoms with Crippen molar-refractivity contribution in [2.75, 3.05) is 0 Å². The second-order valence-corrected chi connectivity index (χ2v) is 3.11. The number of hydrogen-bond donors (Lipinski definition) is 0. The molecule has 0 atom stereocenters. The maximum absolute atomic E-state index is 9.73. The number of carbonyl (C=O) groups is 2. The van der Waals surface area contributed by atoms with Crippen molar-refractivity contribution in [1.82, 2.24) is 0 Å². The monoisotopic (exact) mass is 240 g/mol. The van der Waals surface area contributed by atoms with Gasteiger partial charge in [-0.15, -0.1) is 13.2 Å². The third-order valence-electron chi connectivity index (χ3n) is 1.58. The van der Waals surface area contributed by atoms with Gasteiger partial charge >= 0.3 is 37.7 Å². The minimum atomic E-state index is -0.980. The number of allylic oxidation sites excluding steroid dienone is 2. The number of unbranched alkanes of at least 4 members (excludes halogenated alkanes) is 2. The summed E-state index contributed by atoms with van der Waals surface area (Å²) in [6.07, 6.45) is 6.49. The van der Waals surface area contributed by atoms with E-state index in [1.165, 1.54) is 0 Å². The fourth-order valence-corrected chi connectivity index (χ4v) is 0.781. The molecule has 0 aromatic heterocycles. The van der Waals surface area contributed by atoms with Gasteiger partial charge in [-0.05, 0) is 38.5 Å².